The highest BCUT2D eigenvalue weighted by atomic mass is 32.2. The lowest BCUT2D eigenvalue weighted by atomic mass is 10.2. The highest BCUT2D eigenvalue weighted by Gasteiger charge is 2.27. The first kappa shape index (κ1) is 16.5. The van der Waals surface area contributed by atoms with Crippen LogP contribution in [0.4, 0.5) is 13.2 Å². The Kier molecular flexibility index (Phi) is 5.56. The zero-order chi connectivity index (χ0) is 15.2. The fraction of sp³-hybridized carbons (Fsp3) is 0.333. The van der Waals surface area contributed by atoms with Crippen LogP contribution in [0.2, 0.25) is 0 Å². The Balaban J connectivity index is 2.93. The van der Waals surface area contributed by atoms with Crippen LogP contribution in [0.5, 0.6) is 0 Å². The van der Waals surface area contributed by atoms with Gasteiger partial charge in [-0.15, -0.1) is 0 Å². The summed E-state index contributed by atoms with van der Waals surface area (Å²) >= 11 is 0. The molecule has 0 fully saturated rings. The summed E-state index contributed by atoms with van der Waals surface area (Å²) < 4.78 is 61.8. The topological polar surface area (TPSA) is 72.2 Å². The molecule has 0 spiro atoms. The lowest BCUT2D eigenvalue weighted by Gasteiger charge is -2.10. The molecule has 8 heteroatoms. The fourth-order valence-electron chi connectivity index (χ4n) is 1.36. The number of benzene rings is 1. The zero-order valence-electron chi connectivity index (χ0n) is 10.4. The molecule has 110 valence electrons. The third-order valence-corrected chi connectivity index (χ3v) is 3.72. The minimum Gasteiger partial charge on any atom is -0.320 e. The van der Waals surface area contributed by atoms with E-state index in [1.165, 1.54) is 18.2 Å². The van der Waals surface area contributed by atoms with Gasteiger partial charge in [0.1, 0.15) is 0 Å². The smallest absolute Gasteiger partial charge is 0.320 e. The van der Waals surface area contributed by atoms with Crippen molar-refractivity contribution in [2.45, 2.75) is 17.5 Å². The summed E-state index contributed by atoms with van der Waals surface area (Å²) in [5, 5.41) is 0. The predicted octanol–water partition coefficient (Wildman–Crippen LogP) is 1.23. The number of rotatable bonds is 4. The number of hydrogen-bond donors (Lipinski definition) is 2. The molecule has 0 bridgehead atoms. The van der Waals surface area contributed by atoms with E-state index < -0.39 is 29.2 Å². The normalized spacial score (nSPS) is 11.8. The molecule has 0 radical (unpaired) electrons. The quantitative estimate of drug-likeness (QED) is 0.822. The van der Waals surface area contributed by atoms with Crippen molar-refractivity contribution in [1.29, 1.82) is 0 Å². The maximum absolute atomic E-state index is 12.0. The Morgan fingerprint density at radius 3 is 2.50 bits per heavy atom. The van der Waals surface area contributed by atoms with E-state index in [9.17, 15) is 21.6 Å². The van der Waals surface area contributed by atoms with Crippen LogP contribution in [0.1, 0.15) is 12.0 Å². The average Bonchev–Trinajstić information content (AvgIpc) is 2.34. The molecule has 1 aromatic carbocycles. The number of sulfonamides is 1. The summed E-state index contributed by atoms with van der Waals surface area (Å²) in [5.74, 6) is 5.07. The second-order valence-corrected chi connectivity index (χ2v) is 5.50. The molecule has 0 saturated heterocycles. The van der Waals surface area contributed by atoms with Crippen molar-refractivity contribution in [3.63, 3.8) is 0 Å². The van der Waals surface area contributed by atoms with E-state index in [2.05, 4.69) is 11.8 Å². The van der Waals surface area contributed by atoms with Gasteiger partial charge in [-0.2, -0.15) is 13.2 Å². The molecule has 0 atom stereocenters. The van der Waals surface area contributed by atoms with Gasteiger partial charge in [0.2, 0.25) is 10.0 Å². The number of nitrogens with one attached hydrogen (secondary N) is 1. The van der Waals surface area contributed by atoms with E-state index in [-0.39, 0.29) is 17.0 Å². The summed E-state index contributed by atoms with van der Waals surface area (Å²) in [7, 11) is -4.04. The Morgan fingerprint density at radius 2 is 1.90 bits per heavy atom. The van der Waals surface area contributed by atoms with Gasteiger partial charge in [-0.05, 0) is 12.1 Å². The van der Waals surface area contributed by atoms with E-state index >= 15 is 0 Å². The summed E-state index contributed by atoms with van der Waals surface area (Å²) in [4.78, 5) is -0.164. The first-order chi connectivity index (χ1) is 9.26. The van der Waals surface area contributed by atoms with Crippen LogP contribution in [0.25, 0.3) is 0 Å². The molecular formula is C12H13F3N2O2S. The largest absolute Gasteiger partial charge is 0.390 e. The number of nitrogens with two attached hydrogens (primary N) is 1. The third kappa shape index (κ3) is 5.21. The van der Waals surface area contributed by atoms with Crippen LogP contribution in [0, 0.1) is 11.8 Å². The van der Waals surface area contributed by atoms with Crippen LogP contribution in [-0.4, -0.2) is 27.7 Å². The Bertz CT molecular complexity index is 616. The van der Waals surface area contributed by atoms with Crippen molar-refractivity contribution in [1.82, 2.24) is 4.72 Å². The van der Waals surface area contributed by atoms with E-state index in [1.807, 2.05) is 4.72 Å². The van der Waals surface area contributed by atoms with Crippen molar-refractivity contribution in [3.8, 4) is 11.8 Å². The fourth-order valence-corrected chi connectivity index (χ4v) is 2.55. The summed E-state index contributed by atoms with van der Waals surface area (Å²) in [6.45, 7) is -0.666. The number of alkyl halides is 3. The number of hydrogen-bond acceptors (Lipinski definition) is 3. The lowest BCUT2D eigenvalue weighted by Crippen LogP contribution is -2.28. The summed E-state index contributed by atoms with van der Waals surface area (Å²) in [5.41, 5.74) is 5.39. The SMILES string of the molecule is NCC#Cc1ccccc1S(=O)(=O)NCCC(F)(F)F. The van der Waals surface area contributed by atoms with Gasteiger partial charge >= 0.3 is 6.18 Å². The molecule has 20 heavy (non-hydrogen) atoms. The number of halogens is 3. The first-order valence-electron chi connectivity index (χ1n) is 5.60. The highest BCUT2D eigenvalue weighted by molar-refractivity contribution is 7.89. The molecule has 0 heterocycles. The molecular weight excluding hydrogens is 293 g/mol. The Labute approximate surface area is 115 Å². The van der Waals surface area contributed by atoms with Crippen molar-refractivity contribution in [2.24, 2.45) is 5.73 Å². The minimum absolute atomic E-state index is 0.0515. The Hall–Kier alpha value is -1.56. The van der Waals surface area contributed by atoms with Gasteiger partial charge in [-0.25, -0.2) is 13.1 Å². The molecule has 1 rings (SSSR count). The molecule has 0 saturated carbocycles. The zero-order valence-corrected chi connectivity index (χ0v) is 11.2. The molecule has 0 amide bonds. The van der Waals surface area contributed by atoms with Crippen molar-refractivity contribution >= 4 is 10.0 Å². The maximum Gasteiger partial charge on any atom is 0.390 e. The second kappa shape index (κ2) is 6.74. The lowest BCUT2D eigenvalue weighted by molar-refractivity contribution is -0.132. The molecule has 0 aromatic heterocycles. The van der Waals surface area contributed by atoms with Crippen molar-refractivity contribution in [3.05, 3.63) is 29.8 Å². The van der Waals surface area contributed by atoms with E-state index in [1.54, 1.807) is 6.07 Å². The Morgan fingerprint density at radius 1 is 1.25 bits per heavy atom. The third-order valence-electron chi connectivity index (χ3n) is 2.20. The summed E-state index contributed by atoms with van der Waals surface area (Å²) in [6, 6.07) is 5.78. The summed E-state index contributed by atoms with van der Waals surface area (Å²) in [6.07, 6.45) is -5.65. The first-order valence-corrected chi connectivity index (χ1v) is 7.09. The molecule has 0 aliphatic rings. The van der Waals surface area contributed by atoms with Gasteiger partial charge in [0.05, 0.1) is 17.9 Å². The van der Waals surface area contributed by atoms with Gasteiger partial charge in [-0.1, -0.05) is 24.0 Å². The molecule has 4 nitrogen and oxygen atoms in total. The average molecular weight is 306 g/mol. The van der Waals surface area contributed by atoms with E-state index in [0.717, 1.165) is 0 Å². The second-order valence-electron chi connectivity index (χ2n) is 3.77. The maximum atomic E-state index is 12.0. The van der Waals surface area contributed by atoms with Crippen molar-refractivity contribution in [2.75, 3.05) is 13.1 Å². The van der Waals surface area contributed by atoms with Gasteiger partial charge in [0.15, 0.2) is 0 Å². The van der Waals surface area contributed by atoms with Crippen LogP contribution in [-0.2, 0) is 10.0 Å². The van der Waals surface area contributed by atoms with Gasteiger partial charge in [-0.3, -0.25) is 0 Å². The van der Waals surface area contributed by atoms with E-state index in [4.69, 9.17) is 5.73 Å². The minimum atomic E-state index is -4.42. The van der Waals surface area contributed by atoms with Gasteiger partial charge in [0.25, 0.3) is 0 Å². The van der Waals surface area contributed by atoms with Gasteiger partial charge in [0, 0.05) is 12.1 Å². The highest BCUT2D eigenvalue weighted by Crippen LogP contribution is 2.19. The van der Waals surface area contributed by atoms with E-state index in [0.29, 0.717) is 0 Å². The monoisotopic (exact) mass is 306 g/mol. The van der Waals surface area contributed by atoms with Gasteiger partial charge < -0.3 is 5.73 Å². The predicted molar refractivity (Wildman–Crippen MR) is 68.2 cm³/mol. The molecule has 1 aromatic rings. The molecule has 0 aliphatic heterocycles. The molecule has 0 unspecified atom stereocenters. The molecule has 0 aliphatic carbocycles. The van der Waals surface area contributed by atoms with Crippen LogP contribution >= 0.6 is 0 Å². The van der Waals surface area contributed by atoms with Crippen LogP contribution in [0.3, 0.4) is 0 Å². The standard InChI is InChI=1S/C12H13F3N2O2S/c13-12(14,15)7-9-17-20(18,19)11-6-2-1-4-10(11)5-3-8-16/h1-2,4,6,17H,7-9,16H2. The molecule has 3 N–H and O–H groups in total. The van der Waals surface area contributed by atoms with Crippen LogP contribution < -0.4 is 10.5 Å². The van der Waals surface area contributed by atoms with Crippen LogP contribution in [0.15, 0.2) is 29.2 Å². The van der Waals surface area contributed by atoms with Crippen molar-refractivity contribution < 1.29 is 21.6 Å².